The molecule has 1 aromatic rings. The third-order valence-electron chi connectivity index (χ3n) is 5.17. The quantitative estimate of drug-likeness (QED) is 0.651. The van der Waals surface area contributed by atoms with Gasteiger partial charge < -0.3 is 15.0 Å². The second-order valence-electron chi connectivity index (χ2n) is 6.99. The highest BCUT2D eigenvalue weighted by molar-refractivity contribution is 5.89. The lowest BCUT2D eigenvalue weighted by molar-refractivity contribution is -0.130. The van der Waals surface area contributed by atoms with Crippen LogP contribution in [0.3, 0.4) is 0 Å². The van der Waals surface area contributed by atoms with Gasteiger partial charge in [-0.3, -0.25) is 9.59 Å². The Hall–Kier alpha value is -1.88. The van der Waals surface area contributed by atoms with E-state index in [1.807, 2.05) is 30.0 Å². The van der Waals surface area contributed by atoms with E-state index < -0.39 is 0 Å². The Morgan fingerprint density at radius 2 is 1.96 bits per heavy atom. The molecule has 1 saturated heterocycles. The van der Waals surface area contributed by atoms with Gasteiger partial charge in [0.25, 0.3) is 0 Å². The van der Waals surface area contributed by atoms with Gasteiger partial charge in [-0.05, 0) is 31.7 Å². The summed E-state index contributed by atoms with van der Waals surface area (Å²) in [5.41, 5.74) is 1.16. The first-order chi connectivity index (χ1) is 12.6. The van der Waals surface area contributed by atoms with Crippen molar-refractivity contribution in [1.82, 2.24) is 10.2 Å². The van der Waals surface area contributed by atoms with Crippen molar-refractivity contribution < 1.29 is 14.3 Å². The number of carbonyl (C=O) groups is 2. The fraction of sp³-hybridized carbons (Fsp3) is 0.619. The molecule has 0 saturated carbocycles. The third-order valence-corrected chi connectivity index (χ3v) is 5.17. The number of rotatable bonds is 10. The Morgan fingerprint density at radius 1 is 1.27 bits per heavy atom. The van der Waals surface area contributed by atoms with Crippen molar-refractivity contribution in [3.05, 3.63) is 35.9 Å². The summed E-state index contributed by atoms with van der Waals surface area (Å²) in [6.07, 6.45) is 3.03. The summed E-state index contributed by atoms with van der Waals surface area (Å²) < 4.78 is 5.82. The highest BCUT2D eigenvalue weighted by atomic mass is 16.5. The fourth-order valence-electron chi connectivity index (χ4n) is 3.50. The van der Waals surface area contributed by atoms with Gasteiger partial charge in [0.15, 0.2) is 0 Å². The summed E-state index contributed by atoms with van der Waals surface area (Å²) in [5, 5.41) is 2.96. The van der Waals surface area contributed by atoms with Crippen LogP contribution in [0.4, 0.5) is 0 Å². The molecule has 1 aromatic carbocycles. The lowest BCUT2D eigenvalue weighted by Gasteiger charge is -2.26. The number of likely N-dealkylation sites (tertiary alicyclic amines) is 1. The molecule has 2 amide bonds. The minimum Gasteiger partial charge on any atom is -0.374 e. The van der Waals surface area contributed by atoms with Gasteiger partial charge in [-0.1, -0.05) is 44.2 Å². The molecule has 0 bridgehead atoms. The van der Waals surface area contributed by atoms with Crippen LogP contribution in [0.5, 0.6) is 0 Å². The predicted octanol–water partition coefficient (Wildman–Crippen LogP) is 3.31. The summed E-state index contributed by atoms with van der Waals surface area (Å²) in [6, 6.07) is 10.4. The first-order valence-electron chi connectivity index (χ1n) is 9.80. The van der Waals surface area contributed by atoms with Crippen molar-refractivity contribution in [1.29, 1.82) is 0 Å². The zero-order valence-corrected chi connectivity index (χ0v) is 16.2. The number of nitrogens with one attached hydrogen (secondary N) is 1. The van der Waals surface area contributed by atoms with Crippen LogP contribution in [-0.2, 0) is 14.3 Å². The van der Waals surface area contributed by atoms with Crippen LogP contribution >= 0.6 is 0 Å². The van der Waals surface area contributed by atoms with E-state index in [0.717, 1.165) is 24.8 Å². The molecule has 1 aliphatic heterocycles. The Bertz CT molecular complexity index is 572. The molecule has 0 radical (unpaired) electrons. The van der Waals surface area contributed by atoms with Crippen LogP contribution < -0.4 is 5.32 Å². The lowest BCUT2D eigenvalue weighted by atomic mass is 10.1. The molecule has 144 valence electrons. The highest BCUT2D eigenvalue weighted by Gasteiger charge is 2.36. The number of carbonyl (C=O) groups excluding carboxylic acids is 2. The van der Waals surface area contributed by atoms with Crippen LogP contribution in [0.2, 0.25) is 0 Å². The van der Waals surface area contributed by atoms with Crippen molar-refractivity contribution >= 4 is 11.8 Å². The van der Waals surface area contributed by atoms with E-state index in [9.17, 15) is 9.59 Å². The normalized spacial score (nSPS) is 18.4. The molecule has 1 heterocycles. The topological polar surface area (TPSA) is 58.6 Å². The maximum absolute atomic E-state index is 12.3. The fourth-order valence-corrected chi connectivity index (χ4v) is 3.50. The van der Waals surface area contributed by atoms with E-state index in [1.54, 1.807) is 0 Å². The molecule has 5 heteroatoms. The average Bonchev–Trinajstić information content (AvgIpc) is 3.05. The molecule has 1 N–H and O–H groups in total. The maximum atomic E-state index is 12.3. The molecule has 2 unspecified atom stereocenters. The lowest BCUT2D eigenvalue weighted by Crippen LogP contribution is -2.38. The zero-order chi connectivity index (χ0) is 18.9. The predicted molar refractivity (Wildman–Crippen MR) is 103 cm³/mol. The van der Waals surface area contributed by atoms with E-state index in [0.29, 0.717) is 26.1 Å². The molecule has 2 atom stereocenters. The molecule has 1 fully saturated rings. The molecular weight excluding hydrogens is 328 g/mol. The average molecular weight is 360 g/mol. The van der Waals surface area contributed by atoms with Crippen LogP contribution in [0.15, 0.2) is 30.3 Å². The van der Waals surface area contributed by atoms with Gasteiger partial charge in [0.2, 0.25) is 11.8 Å². The summed E-state index contributed by atoms with van der Waals surface area (Å²) in [6.45, 7) is 7.94. The second kappa shape index (κ2) is 10.3. The Morgan fingerprint density at radius 3 is 2.62 bits per heavy atom. The highest BCUT2D eigenvalue weighted by Crippen LogP contribution is 2.23. The number of amides is 2. The number of ether oxygens (including phenoxy) is 1. The van der Waals surface area contributed by atoms with E-state index in [2.05, 4.69) is 31.3 Å². The largest absolute Gasteiger partial charge is 0.374 e. The number of hydrogen-bond acceptors (Lipinski definition) is 3. The van der Waals surface area contributed by atoms with Crippen molar-refractivity contribution in [3.63, 3.8) is 0 Å². The number of hydrogen-bond donors (Lipinski definition) is 1. The van der Waals surface area contributed by atoms with Gasteiger partial charge in [0, 0.05) is 32.2 Å². The second-order valence-corrected chi connectivity index (χ2v) is 6.99. The molecular formula is C21H32N2O3. The SMILES string of the molecule is CCC(CC)N1CC(C(=O)NCCCOC(C)c2ccccc2)CC1=O. The molecule has 0 spiro atoms. The van der Waals surface area contributed by atoms with Crippen LogP contribution in [0.1, 0.15) is 58.1 Å². The molecule has 0 aliphatic carbocycles. The minimum atomic E-state index is -0.215. The Kier molecular flexibility index (Phi) is 8.10. The van der Waals surface area contributed by atoms with E-state index in [4.69, 9.17) is 4.74 Å². The van der Waals surface area contributed by atoms with Gasteiger partial charge in [-0.15, -0.1) is 0 Å². The maximum Gasteiger partial charge on any atom is 0.225 e. The first-order valence-corrected chi connectivity index (χ1v) is 9.80. The van der Waals surface area contributed by atoms with E-state index in [-0.39, 0.29) is 29.9 Å². The Balaban J connectivity index is 1.65. The van der Waals surface area contributed by atoms with Gasteiger partial charge >= 0.3 is 0 Å². The summed E-state index contributed by atoms with van der Waals surface area (Å²) in [7, 11) is 0. The van der Waals surface area contributed by atoms with Crippen molar-refractivity contribution in [3.8, 4) is 0 Å². The van der Waals surface area contributed by atoms with Crippen LogP contribution in [0, 0.1) is 5.92 Å². The van der Waals surface area contributed by atoms with Crippen LogP contribution in [0.25, 0.3) is 0 Å². The first kappa shape index (κ1) is 20.4. The van der Waals surface area contributed by atoms with Gasteiger partial charge in [0.1, 0.15) is 0 Å². The van der Waals surface area contributed by atoms with Gasteiger partial charge in [-0.2, -0.15) is 0 Å². The summed E-state index contributed by atoms with van der Waals surface area (Å²) >= 11 is 0. The monoisotopic (exact) mass is 360 g/mol. The van der Waals surface area contributed by atoms with Crippen molar-refractivity contribution in [2.45, 2.75) is 58.6 Å². The van der Waals surface area contributed by atoms with Crippen LogP contribution in [-0.4, -0.2) is 42.5 Å². The van der Waals surface area contributed by atoms with Crippen molar-refractivity contribution in [2.24, 2.45) is 5.92 Å². The molecule has 0 aromatic heterocycles. The van der Waals surface area contributed by atoms with Gasteiger partial charge in [0.05, 0.1) is 12.0 Å². The Labute approximate surface area is 157 Å². The van der Waals surface area contributed by atoms with E-state index in [1.165, 1.54) is 0 Å². The number of benzene rings is 1. The van der Waals surface area contributed by atoms with E-state index >= 15 is 0 Å². The standard InChI is InChI=1S/C21H32N2O3/c1-4-19(5-2)23-15-18(14-20(23)24)21(25)22-12-9-13-26-16(3)17-10-7-6-8-11-17/h6-8,10-11,16,18-19H,4-5,9,12-15H2,1-3H3,(H,22,25). The molecule has 2 rings (SSSR count). The third kappa shape index (κ3) is 5.56. The minimum absolute atomic E-state index is 0.0112. The summed E-state index contributed by atoms with van der Waals surface area (Å²) in [5.74, 6) is -0.117. The van der Waals surface area contributed by atoms with Crippen molar-refractivity contribution in [2.75, 3.05) is 19.7 Å². The smallest absolute Gasteiger partial charge is 0.225 e. The number of nitrogens with zero attached hydrogens (tertiary/aromatic N) is 1. The molecule has 5 nitrogen and oxygen atoms in total. The summed E-state index contributed by atoms with van der Waals surface area (Å²) in [4.78, 5) is 26.4. The zero-order valence-electron chi connectivity index (χ0n) is 16.2. The van der Waals surface area contributed by atoms with Gasteiger partial charge in [-0.25, -0.2) is 0 Å². The molecule has 1 aliphatic rings. The molecule has 26 heavy (non-hydrogen) atoms.